The maximum absolute atomic E-state index is 12.4. The Bertz CT molecular complexity index is 561. The van der Waals surface area contributed by atoms with Gasteiger partial charge in [-0.05, 0) is 49.7 Å². The molecular weight excluding hydrogens is 355 g/mol. The molecule has 0 amide bonds. The molecule has 0 saturated carbocycles. The van der Waals surface area contributed by atoms with Crippen molar-refractivity contribution in [3.63, 3.8) is 0 Å². The van der Waals surface area contributed by atoms with Crippen molar-refractivity contribution >= 4 is 45.6 Å². The molecule has 1 atom stereocenters. The zero-order chi connectivity index (χ0) is 14.8. The van der Waals surface area contributed by atoms with Gasteiger partial charge in [0.15, 0.2) is 0 Å². The second kappa shape index (κ2) is 7.99. The summed E-state index contributed by atoms with van der Waals surface area (Å²) in [5.41, 5.74) is 0.625. The molecule has 4 nitrogen and oxygen atoms in total. The van der Waals surface area contributed by atoms with Gasteiger partial charge in [-0.3, -0.25) is 0 Å². The standard InChI is InChI=1S/C13H18Cl2N2O2S.ClH/c1-16-7-10-2-3-17(8-10)20(18,19)9-11-4-12(14)6-13(15)5-11;/h4-6,10,16H,2-3,7-9H2,1H3;1H. The predicted octanol–water partition coefficient (Wildman–Crippen LogP) is 2.79. The molecule has 120 valence electrons. The van der Waals surface area contributed by atoms with Crippen molar-refractivity contribution in [2.45, 2.75) is 12.2 Å². The van der Waals surface area contributed by atoms with Crippen LogP contribution in [0.2, 0.25) is 10.0 Å². The molecule has 1 aliphatic rings. The number of halogens is 3. The number of nitrogens with zero attached hydrogens (tertiary/aromatic N) is 1. The van der Waals surface area contributed by atoms with E-state index in [1.54, 1.807) is 22.5 Å². The number of hydrogen-bond acceptors (Lipinski definition) is 3. The lowest BCUT2D eigenvalue weighted by atomic mass is 10.1. The molecule has 21 heavy (non-hydrogen) atoms. The molecule has 0 radical (unpaired) electrons. The molecule has 1 N–H and O–H groups in total. The molecule has 1 aromatic carbocycles. The molecule has 1 heterocycles. The van der Waals surface area contributed by atoms with Gasteiger partial charge < -0.3 is 5.32 Å². The number of sulfonamides is 1. The molecule has 0 bridgehead atoms. The van der Waals surface area contributed by atoms with Gasteiger partial charge in [0.1, 0.15) is 0 Å². The molecule has 0 spiro atoms. The zero-order valence-electron chi connectivity index (χ0n) is 11.7. The molecule has 1 unspecified atom stereocenters. The van der Waals surface area contributed by atoms with E-state index in [2.05, 4.69) is 5.32 Å². The summed E-state index contributed by atoms with van der Waals surface area (Å²) in [6.07, 6.45) is 0.899. The summed E-state index contributed by atoms with van der Waals surface area (Å²) in [4.78, 5) is 0. The van der Waals surface area contributed by atoms with Gasteiger partial charge in [-0.15, -0.1) is 12.4 Å². The summed E-state index contributed by atoms with van der Waals surface area (Å²) in [6.45, 7) is 2.01. The number of hydrogen-bond donors (Lipinski definition) is 1. The minimum absolute atomic E-state index is 0. The number of nitrogens with one attached hydrogen (secondary N) is 1. The second-order valence-electron chi connectivity index (χ2n) is 5.10. The van der Waals surface area contributed by atoms with Crippen molar-refractivity contribution in [3.05, 3.63) is 33.8 Å². The Balaban J connectivity index is 0.00000220. The first-order valence-corrected chi connectivity index (χ1v) is 8.84. The van der Waals surface area contributed by atoms with Crippen molar-refractivity contribution in [2.24, 2.45) is 5.92 Å². The fourth-order valence-corrected chi connectivity index (χ4v) is 4.66. The van der Waals surface area contributed by atoms with Gasteiger partial charge in [0.25, 0.3) is 0 Å². The number of benzene rings is 1. The van der Waals surface area contributed by atoms with Crippen LogP contribution in [0.15, 0.2) is 18.2 Å². The Labute approximate surface area is 142 Å². The Hall–Kier alpha value is -0.0400. The van der Waals surface area contributed by atoms with Gasteiger partial charge in [0.2, 0.25) is 10.0 Å². The van der Waals surface area contributed by atoms with Crippen LogP contribution in [0.4, 0.5) is 0 Å². The SMILES string of the molecule is CNCC1CCN(S(=O)(=O)Cc2cc(Cl)cc(Cl)c2)C1.Cl. The van der Waals surface area contributed by atoms with Crippen LogP contribution in [0, 0.1) is 5.92 Å². The minimum atomic E-state index is -3.31. The van der Waals surface area contributed by atoms with Crippen LogP contribution >= 0.6 is 35.6 Å². The van der Waals surface area contributed by atoms with E-state index in [0.717, 1.165) is 13.0 Å². The molecule has 1 saturated heterocycles. The third-order valence-electron chi connectivity index (χ3n) is 3.41. The van der Waals surface area contributed by atoms with E-state index < -0.39 is 10.0 Å². The van der Waals surface area contributed by atoms with Gasteiger partial charge in [-0.1, -0.05) is 23.2 Å². The third-order valence-corrected chi connectivity index (χ3v) is 5.66. The Morgan fingerprint density at radius 1 is 1.29 bits per heavy atom. The normalized spacial score (nSPS) is 19.5. The maximum atomic E-state index is 12.4. The molecule has 1 aromatic rings. The van der Waals surface area contributed by atoms with Gasteiger partial charge in [-0.25, -0.2) is 12.7 Å². The van der Waals surface area contributed by atoms with E-state index in [1.165, 1.54) is 0 Å². The van der Waals surface area contributed by atoms with E-state index >= 15 is 0 Å². The van der Waals surface area contributed by atoms with E-state index in [4.69, 9.17) is 23.2 Å². The van der Waals surface area contributed by atoms with Gasteiger partial charge >= 0.3 is 0 Å². The summed E-state index contributed by atoms with van der Waals surface area (Å²) in [6, 6.07) is 4.89. The second-order valence-corrected chi connectivity index (χ2v) is 7.95. The fourth-order valence-electron chi connectivity index (χ4n) is 2.50. The zero-order valence-corrected chi connectivity index (χ0v) is 14.8. The Morgan fingerprint density at radius 3 is 2.48 bits per heavy atom. The van der Waals surface area contributed by atoms with Gasteiger partial charge in [-0.2, -0.15) is 0 Å². The van der Waals surface area contributed by atoms with Crippen LogP contribution in [0.25, 0.3) is 0 Å². The highest BCUT2D eigenvalue weighted by Crippen LogP contribution is 2.24. The lowest BCUT2D eigenvalue weighted by molar-refractivity contribution is 0.450. The van der Waals surface area contributed by atoms with Crippen LogP contribution in [0.3, 0.4) is 0 Å². The summed E-state index contributed by atoms with van der Waals surface area (Å²) in [7, 11) is -1.43. The molecule has 8 heteroatoms. The predicted molar refractivity (Wildman–Crippen MR) is 89.9 cm³/mol. The van der Waals surface area contributed by atoms with Crippen molar-refractivity contribution in [3.8, 4) is 0 Å². The average Bonchev–Trinajstić information content (AvgIpc) is 2.76. The fraction of sp³-hybridized carbons (Fsp3) is 0.538. The van der Waals surface area contributed by atoms with Crippen molar-refractivity contribution in [2.75, 3.05) is 26.7 Å². The topological polar surface area (TPSA) is 49.4 Å². The van der Waals surface area contributed by atoms with E-state index in [9.17, 15) is 8.42 Å². The summed E-state index contributed by atoms with van der Waals surface area (Å²) in [5, 5.41) is 4.00. The molecular formula is C13H19Cl3N2O2S. The van der Waals surface area contributed by atoms with E-state index in [0.29, 0.717) is 34.6 Å². The highest BCUT2D eigenvalue weighted by Gasteiger charge is 2.31. The molecule has 0 aliphatic carbocycles. The first kappa shape index (κ1) is 19.0. The largest absolute Gasteiger partial charge is 0.319 e. The third kappa shape index (κ3) is 5.27. The Morgan fingerprint density at radius 2 is 1.90 bits per heavy atom. The van der Waals surface area contributed by atoms with Crippen LogP contribution in [0.5, 0.6) is 0 Å². The van der Waals surface area contributed by atoms with E-state index in [1.807, 2.05) is 7.05 Å². The number of rotatable bonds is 5. The van der Waals surface area contributed by atoms with Crippen LogP contribution in [0.1, 0.15) is 12.0 Å². The molecule has 0 aromatic heterocycles. The lowest BCUT2D eigenvalue weighted by Crippen LogP contribution is -2.31. The first-order valence-electron chi connectivity index (χ1n) is 6.48. The first-order chi connectivity index (χ1) is 9.40. The monoisotopic (exact) mass is 372 g/mol. The minimum Gasteiger partial charge on any atom is -0.319 e. The van der Waals surface area contributed by atoms with Crippen LogP contribution in [-0.2, 0) is 15.8 Å². The highest BCUT2D eigenvalue weighted by atomic mass is 35.5. The van der Waals surface area contributed by atoms with Crippen molar-refractivity contribution < 1.29 is 8.42 Å². The van der Waals surface area contributed by atoms with Gasteiger partial charge in [0, 0.05) is 23.1 Å². The van der Waals surface area contributed by atoms with Crippen LogP contribution < -0.4 is 5.32 Å². The summed E-state index contributed by atoms with van der Waals surface area (Å²) >= 11 is 11.8. The summed E-state index contributed by atoms with van der Waals surface area (Å²) < 4.78 is 26.3. The van der Waals surface area contributed by atoms with Gasteiger partial charge in [0.05, 0.1) is 5.75 Å². The Kier molecular flexibility index (Phi) is 7.24. The smallest absolute Gasteiger partial charge is 0.218 e. The molecule has 2 rings (SSSR count). The molecule has 1 fully saturated rings. The maximum Gasteiger partial charge on any atom is 0.218 e. The highest BCUT2D eigenvalue weighted by molar-refractivity contribution is 7.88. The summed E-state index contributed by atoms with van der Waals surface area (Å²) in [5.74, 6) is 0.331. The molecule has 1 aliphatic heterocycles. The van der Waals surface area contributed by atoms with E-state index in [-0.39, 0.29) is 18.2 Å². The van der Waals surface area contributed by atoms with Crippen LogP contribution in [-0.4, -0.2) is 39.4 Å². The van der Waals surface area contributed by atoms with Crippen molar-refractivity contribution in [1.29, 1.82) is 0 Å². The lowest BCUT2D eigenvalue weighted by Gasteiger charge is -2.17. The average molecular weight is 374 g/mol. The quantitative estimate of drug-likeness (QED) is 0.863. The van der Waals surface area contributed by atoms with Crippen molar-refractivity contribution in [1.82, 2.24) is 9.62 Å².